The van der Waals surface area contributed by atoms with Crippen molar-refractivity contribution in [1.82, 2.24) is 0 Å². The highest BCUT2D eigenvalue weighted by Gasteiger charge is 2.34. The highest BCUT2D eigenvalue weighted by atomic mass is 16.4. The van der Waals surface area contributed by atoms with Gasteiger partial charge in [-0.3, -0.25) is 4.79 Å². The van der Waals surface area contributed by atoms with E-state index in [0.717, 1.165) is 30.4 Å². The standard InChI is InChI=1S/C18H25NO2.C2H6/c1-14-8-7-9-15(12-14)18(4,16(20)21)11-6-5-10-17(2,3)13-19;1-2/h7-9,12H,5-6,10-11H2,1-4H3,(H,20,21);1-2H3. The minimum Gasteiger partial charge on any atom is -0.481 e. The molecule has 0 aromatic heterocycles. The quantitative estimate of drug-likeness (QED) is 0.678. The van der Waals surface area contributed by atoms with Gasteiger partial charge in [-0.2, -0.15) is 5.26 Å². The summed E-state index contributed by atoms with van der Waals surface area (Å²) in [6, 6.07) is 10.0. The molecular weight excluding hydrogens is 286 g/mol. The van der Waals surface area contributed by atoms with Crippen LogP contribution in [0.15, 0.2) is 24.3 Å². The predicted octanol–water partition coefficient (Wildman–Crippen LogP) is 5.47. The highest BCUT2D eigenvalue weighted by molar-refractivity contribution is 5.80. The number of nitriles is 1. The van der Waals surface area contributed by atoms with E-state index in [2.05, 4.69) is 6.07 Å². The molecule has 1 N–H and O–H groups in total. The first kappa shape index (κ1) is 21.2. The van der Waals surface area contributed by atoms with E-state index in [0.29, 0.717) is 6.42 Å². The van der Waals surface area contributed by atoms with Crippen LogP contribution in [0.25, 0.3) is 0 Å². The van der Waals surface area contributed by atoms with Crippen molar-refractivity contribution in [1.29, 1.82) is 5.26 Å². The van der Waals surface area contributed by atoms with Crippen molar-refractivity contribution < 1.29 is 9.90 Å². The summed E-state index contributed by atoms with van der Waals surface area (Å²) in [6.45, 7) is 11.6. The van der Waals surface area contributed by atoms with E-state index in [1.807, 2.05) is 58.9 Å². The Balaban J connectivity index is 0.00000232. The Labute approximate surface area is 141 Å². The average molecular weight is 317 g/mol. The van der Waals surface area contributed by atoms with Crippen LogP contribution in [0, 0.1) is 23.7 Å². The maximum absolute atomic E-state index is 11.7. The largest absolute Gasteiger partial charge is 0.481 e. The molecule has 0 amide bonds. The number of unbranched alkanes of at least 4 members (excludes halogenated alkanes) is 1. The Morgan fingerprint density at radius 2 is 1.74 bits per heavy atom. The van der Waals surface area contributed by atoms with Crippen LogP contribution in [0.4, 0.5) is 0 Å². The molecule has 3 nitrogen and oxygen atoms in total. The molecule has 3 heteroatoms. The summed E-state index contributed by atoms with van der Waals surface area (Å²) in [7, 11) is 0. The minimum atomic E-state index is -0.858. The Kier molecular flexibility index (Phi) is 8.61. The topological polar surface area (TPSA) is 61.1 Å². The lowest BCUT2D eigenvalue weighted by atomic mass is 9.77. The molecule has 1 aromatic rings. The molecule has 0 heterocycles. The number of carbonyl (C=O) groups is 1. The number of benzene rings is 1. The van der Waals surface area contributed by atoms with Crippen molar-refractivity contribution in [3.63, 3.8) is 0 Å². The van der Waals surface area contributed by atoms with Crippen molar-refractivity contribution in [3.05, 3.63) is 35.4 Å². The predicted molar refractivity (Wildman–Crippen MR) is 95.4 cm³/mol. The van der Waals surface area contributed by atoms with Gasteiger partial charge < -0.3 is 5.11 Å². The van der Waals surface area contributed by atoms with Crippen LogP contribution < -0.4 is 0 Å². The lowest BCUT2D eigenvalue weighted by Gasteiger charge is -2.26. The number of nitrogens with zero attached hydrogens (tertiary/aromatic N) is 1. The summed E-state index contributed by atoms with van der Waals surface area (Å²) in [5, 5.41) is 18.6. The van der Waals surface area contributed by atoms with E-state index in [-0.39, 0.29) is 5.41 Å². The summed E-state index contributed by atoms with van der Waals surface area (Å²) in [4.78, 5) is 11.7. The van der Waals surface area contributed by atoms with Crippen LogP contribution >= 0.6 is 0 Å². The molecule has 0 saturated heterocycles. The Bertz CT molecular complexity index is 543. The molecule has 1 aromatic carbocycles. The smallest absolute Gasteiger partial charge is 0.313 e. The maximum atomic E-state index is 11.7. The molecule has 0 radical (unpaired) electrons. The second-order valence-corrected chi connectivity index (χ2v) is 6.71. The fraction of sp³-hybridized carbons (Fsp3) is 0.600. The lowest BCUT2D eigenvalue weighted by Crippen LogP contribution is -2.32. The normalized spacial score (nSPS) is 13.3. The summed E-state index contributed by atoms with van der Waals surface area (Å²) in [5.41, 5.74) is 0.742. The molecule has 23 heavy (non-hydrogen) atoms. The number of aliphatic carboxylic acids is 1. The van der Waals surface area contributed by atoms with E-state index in [4.69, 9.17) is 5.26 Å². The number of carboxylic acid groups (broad SMARTS) is 1. The zero-order valence-corrected chi connectivity index (χ0v) is 15.4. The van der Waals surface area contributed by atoms with E-state index < -0.39 is 11.4 Å². The SMILES string of the molecule is CC.Cc1cccc(C(C)(CCCCC(C)(C)C#N)C(=O)O)c1. The first-order valence-electron chi connectivity index (χ1n) is 8.43. The van der Waals surface area contributed by atoms with E-state index in [9.17, 15) is 9.90 Å². The molecular formula is C20H31NO2. The molecule has 128 valence electrons. The summed E-state index contributed by atoms with van der Waals surface area (Å²) in [5.74, 6) is -0.785. The van der Waals surface area contributed by atoms with Crippen LogP contribution in [0.3, 0.4) is 0 Å². The molecule has 1 rings (SSSR count). The van der Waals surface area contributed by atoms with Crippen LogP contribution in [-0.2, 0) is 10.2 Å². The van der Waals surface area contributed by atoms with Crippen molar-refractivity contribution in [2.45, 2.75) is 72.6 Å². The monoisotopic (exact) mass is 317 g/mol. The molecule has 0 bridgehead atoms. The van der Waals surface area contributed by atoms with Crippen LogP contribution in [0.5, 0.6) is 0 Å². The third kappa shape index (κ3) is 6.44. The number of rotatable bonds is 7. The van der Waals surface area contributed by atoms with Gasteiger partial charge in [0.2, 0.25) is 0 Å². The van der Waals surface area contributed by atoms with Crippen LogP contribution in [0.2, 0.25) is 0 Å². The number of hydrogen-bond acceptors (Lipinski definition) is 2. The van der Waals surface area contributed by atoms with Crippen LogP contribution in [-0.4, -0.2) is 11.1 Å². The Morgan fingerprint density at radius 3 is 2.22 bits per heavy atom. The van der Waals surface area contributed by atoms with Gasteiger partial charge in [0.1, 0.15) is 0 Å². The van der Waals surface area contributed by atoms with Crippen molar-refractivity contribution in [2.75, 3.05) is 0 Å². The molecule has 0 fully saturated rings. The molecule has 1 atom stereocenters. The fourth-order valence-electron chi connectivity index (χ4n) is 2.46. The van der Waals surface area contributed by atoms with Gasteiger partial charge in [0.15, 0.2) is 0 Å². The summed E-state index contributed by atoms with van der Waals surface area (Å²) in [6.07, 6.45) is 3.07. The molecule has 0 aliphatic carbocycles. The van der Waals surface area contributed by atoms with Gasteiger partial charge in [-0.05, 0) is 46.1 Å². The van der Waals surface area contributed by atoms with Gasteiger partial charge in [0.05, 0.1) is 16.9 Å². The molecule has 0 saturated carbocycles. The zero-order valence-electron chi connectivity index (χ0n) is 15.4. The molecule has 1 unspecified atom stereocenters. The number of carboxylic acids is 1. The highest BCUT2D eigenvalue weighted by Crippen LogP contribution is 2.32. The van der Waals surface area contributed by atoms with Gasteiger partial charge in [0, 0.05) is 0 Å². The summed E-state index contributed by atoms with van der Waals surface area (Å²) < 4.78 is 0. The van der Waals surface area contributed by atoms with Gasteiger partial charge >= 0.3 is 5.97 Å². The van der Waals surface area contributed by atoms with Gasteiger partial charge in [0.25, 0.3) is 0 Å². The van der Waals surface area contributed by atoms with Crippen molar-refractivity contribution in [3.8, 4) is 6.07 Å². The third-order valence-electron chi connectivity index (χ3n) is 4.16. The number of hydrogen-bond donors (Lipinski definition) is 1. The van der Waals surface area contributed by atoms with Crippen molar-refractivity contribution >= 4 is 5.97 Å². The molecule has 0 aliphatic rings. The van der Waals surface area contributed by atoms with Gasteiger partial charge in [-0.15, -0.1) is 0 Å². The second kappa shape index (κ2) is 9.35. The first-order valence-corrected chi connectivity index (χ1v) is 8.43. The average Bonchev–Trinajstić information content (AvgIpc) is 2.53. The summed E-state index contributed by atoms with van der Waals surface area (Å²) >= 11 is 0. The van der Waals surface area contributed by atoms with E-state index in [1.54, 1.807) is 6.92 Å². The van der Waals surface area contributed by atoms with E-state index in [1.165, 1.54) is 0 Å². The second-order valence-electron chi connectivity index (χ2n) is 6.71. The number of aryl methyl sites for hydroxylation is 1. The van der Waals surface area contributed by atoms with Crippen molar-refractivity contribution in [2.24, 2.45) is 5.41 Å². The minimum absolute atomic E-state index is 0.330. The third-order valence-corrected chi connectivity index (χ3v) is 4.16. The van der Waals surface area contributed by atoms with E-state index >= 15 is 0 Å². The van der Waals surface area contributed by atoms with Gasteiger partial charge in [-0.1, -0.05) is 56.5 Å². The Hall–Kier alpha value is -1.82. The molecule has 0 aliphatic heterocycles. The first-order chi connectivity index (χ1) is 10.7. The maximum Gasteiger partial charge on any atom is 0.313 e. The van der Waals surface area contributed by atoms with Crippen LogP contribution in [0.1, 0.15) is 71.4 Å². The molecule has 0 spiro atoms. The zero-order chi connectivity index (χ0) is 18.1. The fourth-order valence-corrected chi connectivity index (χ4v) is 2.46. The Morgan fingerprint density at radius 1 is 1.17 bits per heavy atom. The van der Waals surface area contributed by atoms with Gasteiger partial charge in [-0.25, -0.2) is 0 Å². The lowest BCUT2D eigenvalue weighted by molar-refractivity contribution is -0.143.